The molecule has 0 aromatic heterocycles. The summed E-state index contributed by atoms with van der Waals surface area (Å²) in [7, 11) is 0. The van der Waals surface area contributed by atoms with Crippen molar-refractivity contribution >= 4 is 5.91 Å². The molecule has 1 amide bonds. The van der Waals surface area contributed by atoms with Gasteiger partial charge in [-0.25, -0.2) is 0 Å². The Balaban J connectivity index is 2.14. The summed E-state index contributed by atoms with van der Waals surface area (Å²) in [6.45, 7) is 3.76. The number of hydrogen-bond acceptors (Lipinski definition) is 8. The summed E-state index contributed by atoms with van der Waals surface area (Å²) >= 11 is 0. The number of carbonyl (C=O) groups is 1. The molecule has 476 valence electrons. The number of aliphatic hydroxyl groups excluding tert-OH is 5. The van der Waals surface area contributed by atoms with E-state index in [1.54, 1.807) is 0 Å². The molecular formula is C73H131NO8. The Morgan fingerprint density at radius 3 is 1.12 bits per heavy atom. The van der Waals surface area contributed by atoms with E-state index in [2.05, 4.69) is 104 Å². The van der Waals surface area contributed by atoms with Gasteiger partial charge in [0.25, 0.3) is 0 Å². The fourth-order valence-electron chi connectivity index (χ4n) is 10.9. The van der Waals surface area contributed by atoms with Crippen molar-refractivity contribution in [1.82, 2.24) is 5.32 Å². The van der Waals surface area contributed by atoms with E-state index < -0.39 is 49.5 Å². The molecule has 9 heteroatoms. The van der Waals surface area contributed by atoms with E-state index in [1.807, 2.05) is 0 Å². The summed E-state index contributed by atoms with van der Waals surface area (Å²) in [6.07, 6.45) is 80.6. The number of hydrogen-bond donors (Lipinski definition) is 6. The molecule has 1 fully saturated rings. The number of rotatable bonds is 60. The zero-order valence-corrected chi connectivity index (χ0v) is 53.2. The van der Waals surface area contributed by atoms with Gasteiger partial charge in [0.05, 0.1) is 25.4 Å². The van der Waals surface area contributed by atoms with Gasteiger partial charge in [0, 0.05) is 6.42 Å². The summed E-state index contributed by atoms with van der Waals surface area (Å²) < 4.78 is 11.4. The summed E-state index contributed by atoms with van der Waals surface area (Å²) in [4.78, 5) is 13.2. The Morgan fingerprint density at radius 2 is 0.756 bits per heavy atom. The minimum atomic E-state index is -1.56. The third kappa shape index (κ3) is 49.6. The van der Waals surface area contributed by atoms with Crippen molar-refractivity contribution in [3.05, 3.63) is 85.1 Å². The van der Waals surface area contributed by atoms with Crippen molar-refractivity contribution in [2.75, 3.05) is 13.2 Å². The first-order valence-electron chi connectivity index (χ1n) is 34.8. The number of allylic oxidation sites excluding steroid dienone is 14. The molecule has 7 atom stereocenters. The van der Waals surface area contributed by atoms with Crippen molar-refractivity contribution in [1.29, 1.82) is 0 Å². The fourth-order valence-corrected chi connectivity index (χ4v) is 10.9. The lowest BCUT2D eigenvalue weighted by molar-refractivity contribution is -0.302. The van der Waals surface area contributed by atoms with E-state index in [-0.39, 0.29) is 12.5 Å². The van der Waals surface area contributed by atoms with Crippen LogP contribution in [0.1, 0.15) is 316 Å². The third-order valence-corrected chi connectivity index (χ3v) is 16.3. The number of nitrogens with one attached hydrogen (secondary N) is 1. The molecule has 0 radical (unpaired) electrons. The lowest BCUT2D eigenvalue weighted by Crippen LogP contribution is -2.60. The van der Waals surface area contributed by atoms with E-state index in [0.29, 0.717) is 12.8 Å². The second kappa shape index (κ2) is 61.5. The minimum absolute atomic E-state index is 0.141. The van der Waals surface area contributed by atoms with Crippen molar-refractivity contribution in [3.8, 4) is 0 Å². The Hall–Kier alpha value is -2.63. The molecule has 0 aromatic rings. The van der Waals surface area contributed by atoms with Crippen molar-refractivity contribution < 1.29 is 39.8 Å². The van der Waals surface area contributed by atoms with Crippen LogP contribution >= 0.6 is 0 Å². The molecule has 6 N–H and O–H groups in total. The van der Waals surface area contributed by atoms with Gasteiger partial charge in [-0.3, -0.25) is 4.79 Å². The van der Waals surface area contributed by atoms with Crippen LogP contribution in [0.15, 0.2) is 85.1 Å². The fraction of sp³-hybridized carbons (Fsp3) is 0.795. The van der Waals surface area contributed by atoms with Gasteiger partial charge in [0.1, 0.15) is 24.4 Å². The molecule has 0 aromatic carbocycles. The number of aliphatic hydroxyl groups is 5. The largest absolute Gasteiger partial charge is 0.394 e. The summed E-state index contributed by atoms with van der Waals surface area (Å²) in [5.41, 5.74) is 0. The van der Waals surface area contributed by atoms with Crippen LogP contribution in [0, 0.1) is 0 Å². The molecule has 1 aliphatic heterocycles. The van der Waals surface area contributed by atoms with E-state index in [4.69, 9.17) is 9.47 Å². The number of amides is 1. The second-order valence-electron chi connectivity index (χ2n) is 23.9. The first-order chi connectivity index (χ1) is 40.3. The zero-order chi connectivity index (χ0) is 59.3. The van der Waals surface area contributed by atoms with E-state index in [1.165, 1.54) is 199 Å². The third-order valence-electron chi connectivity index (χ3n) is 16.3. The first-order valence-corrected chi connectivity index (χ1v) is 34.8. The van der Waals surface area contributed by atoms with Crippen molar-refractivity contribution in [2.45, 2.75) is 358 Å². The quantitative estimate of drug-likeness (QED) is 0.0261. The van der Waals surface area contributed by atoms with Crippen LogP contribution in [0.25, 0.3) is 0 Å². The first kappa shape index (κ1) is 77.4. The average molecular weight is 1150 g/mol. The van der Waals surface area contributed by atoms with Crippen LogP contribution in [0.4, 0.5) is 0 Å². The van der Waals surface area contributed by atoms with Crippen molar-refractivity contribution in [2.24, 2.45) is 0 Å². The molecule has 1 aliphatic rings. The Labute approximate surface area is 505 Å². The number of carbonyl (C=O) groups excluding carboxylic acids is 1. The van der Waals surface area contributed by atoms with Gasteiger partial charge in [-0.2, -0.15) is 0 Å². The smallest absolute Gasteiger partial charge is 0.220 e. The maximum Gasteiger partial charge on any atom is 0.220 e. The van der Waals surface area contributed by atoms with E-state index >= 15 is 0 Å². The second-order valence-corrected chi connectivity index (χ2v) is 23.9. The molecule has 0 saturated carbocycles. The highest BCUT2D eigenvalue weighted by atomic mass is 16.7. The minimum Gasteiger partial charge on any atom is -0.394 e. The Morgan fingerprint density at radius 1 is 0.427 bits per heavy atom. The number of ether oxygens (including phenoxy) is 2. The van der Waals surface area contributed by atoms with Crippen LogP contribution in [-0.2, 0) is 14.3 Å². The summed E-state index contributed by atoms with van der Waals surface area (Å²) in [5.74, 6) is -0.146. The predicted octanol–water partition coefficient (Wildman–Crippen LogP) is 18.9. The maximum atomic E-state index is 13.2. The van der Waals surface area contributed by atoms with Gasteiger partial charge >= 0.3 is 0 Å². The molecule has 0 bridgehead atoms. The molecule has 9 nitrogen and oxygen atoms in total. The van der Waals surface area contributed by atoms with Gasteiger partial charge in [0.2, 0.25) is 5.91 Å². The molecule has 7 unspecified atom stereocenters. The molecule has 1 heterocycles. The Bertz CT molecular complexity index is 1570. The molecule has 1 saturated heterocycles. The van der Waals surface area contributed by atoms with Crippen LogP contribution in [0.5, 0.6) is 0 Å². The van der Waals surface area contributed by atoms with Gasteiger partial charge in [-0.1, -0.05) is 324 Å². The molecule has 0 aliphatic carbocycles. The lowest BCUT2D eigenvalue weighted by atomic mass is 9.99. The number of unbranched alkanes of at least 4 members (excludes halogenated alkanes) is 36. The van der Waals surface area contributed by atoms with Gasteiger partial charge < -0.3 is 40.3 Å². The normalized spacial score (nSPS) is 18.8. The molecule has 1 rings (SSSR count). The summed E-state index contributed by atoms with van der Waals surface area (Å²) in [5, 5.41) is 54.9. The van der Waals surface area contributed by atoms with Crippen molar-refractivity contribution in [3.63, 3.8) is 0 Å². The van der Waals surface area contributed by atoms with Crippen LogP contribution in [0.2, 0.25) is 0 Å². The average Bonchev–Trinajstić information content (AvgIpc) is 3.57. The Kier molecular flexibility index (Phi) is 58.0. The van der Waals surface area contributed by atoms with Crippen LogP contribution in [-0.4, -0.2) is 87.5 Å². The van der Waals surface area contributed by atoms with Crippen LogP contribution < -0.4 is 5.32 Å². The summed E-state index contributed by atoms with van der Waals surface area (Å²) in [6, 6.07) is -0.727. The zero-order valence-electron chi connectivity index (χ0n) is 53.2. The predicted molar refractivity (Wildman–Crippen MR) is 350 cm³/mol. The van der Waals surface area contributed by atoms with Crippen LogP contribution in [0.3, 0.4) is 0 Å². The van der Waals surface area contributed by atoms with Gasteiger partial charge in [-0.05, 0) is 70.6 Å². The lowest BCUT2D eigenvalue weighted by Gasteiger charge is -2.40. The van der Waals surface area contributed by atoms with E-state index in [0.717, 1.165) is 89.9 Å². The maximum absolute atomic E-state index is 13.2. The monoisotopic (exact) mass is 1150 g/mol. The SMILES string of the molecule is CC/C=C\C/C=C\C/C=C\C/C=C\C/C=C\C/C=C\C/C=C\CCCCCCCCCCCCCC(=O)NC(COC1OC(CO)C(O)C(O)C1O)C(O)CCCCCCCCCCCCCCCCCCCCCCCCCCCC. The topological polar surface area (TPSA) is 149 Å². The standard InChI is InChI=1S/C73H131NO8/c1-3-5-7-9-11-13-15-17-19-21-23-25-27-29-31-32-33-34-35-36-37-39-41-43-45-47-49-51-53-55-57-59-61-63-69(77)74-66(65-81-73-72(80)71(79)70(78)68(64-75)82-73)67(76)62-60-58-56-54-52-50-48-46-44-42-40-38-30-28-26-24-22-20-18-16-14-12-10-8-6-4-2/h5,7,11,13,17,19,23,25,29,31,33-34,36-37,66-68,70-73,75-76,78-80H,3-4,6,8-10,12,14-16,18,20-22,24,26-28,30,32,35,38-65H2,1-2H3,(H,74,77)/b7-5-,13-11-,19-17-,25-23-,31-29-,34-33-,37-36-. The van der Waals surface area contributed by atoms with Gasteiger partial charge in [-0.15, -0.1) is 0 Å². The van der Waals surface area contributed by atoms with E-state index in [9.17, 15) is 30.3 Å². The highest BCUT2D eigenvalue weighted by Gasteiger charge is 2.44. The molecular weight excluding hydrogens is 1020 g/mol. The molecule has 0 spiro atoms. The van der Waals surface area contributed by atoms with Gasteiger partial charge in [0.15, 0.2) is 6.29 Å². The molecule has 82 heavy (non-hydrogen) atoms. The highest BCUT2D eigenvalue weighted by molar-refractivity contribution is 5.76. The highest BCUT2D eigenvalue weighted by Crippen LogP contribution is 2.24.